The van der Waals surface area contributed by atoms with Crippen molar-refractivity contribution < 1.29 is 0 Å². The van der Waals surface area contributed by atoms with Gasteiger partial charge in [-0.3, -0.25) is 0 Å². The van der Waals surface area contributed by atoms with Crippen molar-refractivity contribution in [3.63, 3.8) is 0 Å². The van der Waals surface area contributed by atoms with Crippen molar-refractivity contribution in [2.24, 2.45) is 0 Å². The fraction of sp³-hybridized carbons (Fsp3) is 0.333. The summed E-state index contributed by atoms with van der Waals surface area (Å²) in [5.41, 5.74) is 5.92. The molecule has 0 N–H and O–H groups in total. The summed E-state index contributed by atoms with van der Waals surface area (Å²) >= 11 is 0. The first-order chi connectivity index (χ1) is 9.97. The van der Waals surface area contributed by atoms with Crippen molar-refractivity contribution in [1.29, 1.82) is 0 Å². The SMILES string of the molecule is Cc1ccc2c(C)cc(-n3ccc(C(C)C)n3)nc2c1C. The standard InChI is InChI=1S/C18H21N3/c1-11(2)16-8-9-21(20-16)17-10-13(4)15-7-6-12(3)14(5)18(15)19-17/h6-11H,1-5H3. The highest BCUT2D eigenvalue weighted by Gasteiger charge is 2.10. The van der Waals surface area contributed by atoms with E-state index in [1.165, 1.54) is 22.1 Å². The van der Waals surface area contributed by atoms with Gasteiger partial charge >= 0.3 is 0 Å². The Morgan fingerprint density at radius 3 is 2.43 bits per heavy atom. The molecule has 3 aromatic rings. The average molecular weight is 279 g/mol. The van der Waals surface area contributed by atoms with Crippen LogP contribution in [-0.4, -0.2) is 14.8 Å². The number of pyridine rings is 1. The van der Waals surface area contributed by atoms with Gasteiger partial charge in [-0.1, -0.05) is 26.0 Å². The Hall–Kier alpha value is -2.16. The largest absolute Gasteiger partial charge is 0.228 e. The molecule has 3 nitrogen and oxygen atoms in total. The molecule has 0 radical (unpaired) electrons. The number of nitrogens with zero attached hydrogens (tertiary/aromatic N) is 3. The van der Waals surface area contributed by atoms with Gasteiger partial charge in [0.2, 0.25) is 0 Å². The number of benzene rings is 1. The molecule has 0 bridgehead atoms. The minimum absolute atomic E-state index is 0.428. The Balaban J connectivity index is 2.21. The van der Waals surface area contributed by atoms with Crippen LogP contribution in [0.2, 0.25) is 0 Å². The molecule has 108 valence electrons. The van der Waals surface area contributed by atoms with Gasteiger partial charge in [-0.15, -0.1) is 0 Å². The maximum atomic E-state index is 4.84. The lowest BCUT2D eigenvalue weighted by Gasteiger charge is -2.10. The predicted molar refractivity (Wildman–Crippen MR) is 87.2 cm³/mol. The minimum atomic E-state index is 0.428. The highest BCUT2D eigenvalue weighted by atomic mass is 15.3. The van der Waals surface area contributed by atoms with Crippen molar-refractivity contribution in [2.75, 3.05) is 0 Å². The molecule has 3 heteroatoms. The third kappa shape index (κ3) is 2.33. The van der Waals surface area contributed by atoms with Gasteiger partial charge in [0.1, 0.15) is 0 Å². The van der Waals surface area contributed by atoms with Crippen LogP contribution in [0.3, 0.4) is 0 Å². The highest BCUT2D eigenvalue weighted by Crippen LogP contribution is 2.25. The number of fused-ring (bicyclic) bond motifs is 1. The van der Waals surface area contributed by atoms with Gasteiger partial charge < -0.3 is 0 Å². The van der Waals surface area contributed by atoms with E-state index in [1.54, 1.807) is 0 Å². The van der Waals surface area contributed by atoms with E-state index in [9.17, 15) is 0 Å². The molecule has 0 saturated heterocycles. The van der Waals surface area contributed by atoms with Crippen molar-refractivity contribution in [3.8, 4) is 5.82 Å². The van der Waals surface area contributed by atoms with E-state index in [1.807, 2.05) is 10.9 Å². The second-order valence-corrected chi connectivity index (χ2v) is 6.04. The molecule has 1 aromatic carbocycles. The number of hydrogen-bond acceptors (Lipinski definition) is 2. The summed E-state index contributed by atoms with van der Waals surface area (Å²) in [6, 6.07) is 8.49. The van der Waals surface area contributed by atoms with Crippen LogP contribution in [0.15, 0.2) is 30.5 Å². The molecule has 3 rings (SSSR count). The fourth-order valence-corrected chi connectivity index (χ4v) is 2.57. The molecule has 0 atom stereocenters. The first-order valence-electron chi connectivity index (χ1n) is 7.41. The summed E-state index contributed by atoms with van der Waals surface area (Å²) in [5.74, 6) is 1.32. The Bertz CT molecular complexity index is 813. The zero-order chi connectivity index (χ0) is 15.1. The van der Waals surface area contributed by atoms with Gasteiger partial charge in [-0.25, -0.2) is 9.67 Å². The summed E-state index contributed by atoms with van der Waals surface area (Å²) in [6.07, 6.45) is 1.99. The molecule has 0 aliphatic heterocycles. The highest BCUT2D eigenvalue weighted by molar-refractivity contribution is 5.86. The minimum Gasteiger partial charge on any atom is -0.228 e. The average Bonchev–Trinajstić information content (AvgIpc) is 2.93. The van der Waals surface area contributed by atoms with E-state index < -0.39 is 0 Å². The van der Waals surface area contributed by atoms with Crippen LogP contribution >= 0.6 is 0 Å². The van der Waals surface area contributed by atoms with Gasteiger partial charge in [-0.2, -0.15) is 5.10 Å². The maximum absolute atomic E-state index is 4.84. The molecule has 21 heavy (non-hydrogen) atoms. The third-order valence-corrected chi connectivity index (χ3v) is 4.13. The molecule has 2 heterocycles. The zero-order valence-corrected chi connectivity index (χ0v) is 13.3. The molecule has 0 aliphatic carbocycles. The van der Waals surface area contributed by atoms with Crippen molar-refractivity contribution in [1.82, 2.24) is 14.8 Å². The molecule has 0 spiro atoms. The topological polar surface area (TPSA) is 30.7 Å². The summed E-state index contributed by atoms with van der Waals surface area (Å²) in [7, 11) is 0. The van der Waals surface area contributed by atoms with E-state index in [4.69, 9.17) is 4.98 Å². The van der Waals surface area contributed by atoms with Crippen LogP contribution in [0.4, 0.5) is 0 Å². The fourth-order valence-electron chi connectivity index (χ4n) is 2.57. The Labute approximate surface area is 125 Å². The molecule has 2 aromatic heterocycles. The predicted octanol–water partition coefficient (Wildman–Crippen LogP) is 4.47. The summed E-state index contributed by atoms with van der Waals surface area (Å²) in [4.78, 5) is 4.84. The van der Waals surface area contributed by atoms with Gasteiger partial charge in [-0.05, 0) is 55.5 Å². The van der Waals surface area contributed by atoms with Crippen molar-refractivity contribution in [2.45, 2.75) is 40.5 Å². The summed E-state index contributed by atoms with van der Waals surface area (Å²) in [5, 5.41) is 5.85. The number of aromatic nitrogens is 3. The Morgan fingerprint density at radius 1 is 1.00 bits per heavy atom. The molecular formula is C18H21N3. The van der Waals surface area contributed by atoms with E-state index in [0.717, 1.165) is 17.0 Å². The summed E-state index contributed by atoms with van der Waals surface area (Å²) < 4.78 is 1.88. The van der Waals surface area contributed by atoms with Crippen LogP contribution in [0, 0.1) is 20.8 Å². The van der Waals surface area contributed by atoms with Gasteiger partial charge in [0, 0.05) is 11.6 Å². The zero-order valence-electron chi connectivity index (χ0n) is 13.3. The lowest BCUT2D eigenvalue weighted by atomic mass is 10.0. The maximum Gasteiger partial charge on any atom is 0.154 e. The van der Waals surface area contributed by atoms with Crippen LogP contribution in [0.25, 0.3) is 16.7 Å². The van der Waals surface area contributed by atoms with Gasteiger partial charge in [0.25, 0.3) is 0 Å². The molecule has 0 fully saturated rings. The molecule has 0 unspecified atom stereocenters. The lowest BCUT2D eigenvalue weighted by Crippen LogP contribution is -2.02. The first-order valence-corrected chi connectivity index (χ1v) is 7.41. The molecule has 0 saturated carbocycles. The van der Waals surface area contributed by atoms with Crippen LogP contribution < -0.4 is 0 Å². The van der Waals surface area contributed by atoms with Crippen LogP contribution in [-0.2, 0) is 0 Å². The van der Waals surface area contributed by atoms with Crippen LogP contribution in [0.1, 0.15) is 42.1 Å². The summed E-state index contributed by atoms with van der Waals surface area (Å²) in [6.45, 7) is 10.7. The molecular weight excluding hydrogens is 258 g/mol. The number of aryl methyl sites for hydroxylation is 3. The normalized spacial score (nSPS) is 11.5. The van der Waals surface area contributed by atoms with E-state index in [0.29, 0.717) is 5.92 Å². The lowest BCUT2D eigenvalue weighted by molar-refractivity contribution is 0.759. The second kappa shape index (κ2) is 4.99. The number of hydrogen-bond donors (Lipinski definition) is 0. The first kappa shape index (κ1) is 13.8. The molecule has 0 aliphatic rings. The Morgan fingerprint density at radius 2 is 1.76 bits per heavy atom. The van der Waals surface area contributed by atoms with E-state index >= 15 is 0 Å². The van der Waals surface area contributed by atoms with Gasteiger partial charge in [0.05, 0.1) is 11.2 Å². The van der Waals surface area contributed by atoms with Crippen molar-refractivity contribution >= 4 is 10.9 Å². The van der Waals surface area contributed by atoms with Crippen LogP contribution in [0.5, 0.6) is 0 Å². The smallest absolute Gasteiger partial charge is 0.154 e. The van der Waals surface area contributed by atoms with Crippen molar-refractivity contribution in [3.05, 3.63) is 52.8 Å². The second-order valence-electron chi connectivity index (χ2n) is 6.04. The quantitative estimate of drug-likeness (QED) is 0.693. The van der Waals surface area contributed by atoms with E-state index in [2.05, 4.69) is 64.0 Å². The number of rotatable bonds is 2. The third-order valence-electron chi connectivity index (χ3n) is 4.13. The molecule has 0 amide bonds. The monoisotopic (exact) mass is 279 g/mol. The Kier molecular flexibility index (Phi) is 3.28. The van der Waals surface area contributed by atoms with E-state index in [-0.39, 0.29) is 0 Å². The van der Waals surface area contributed by atoms with Gasteiger partial charge in [0.15, 0.2) is 5.82 Å².